The van der Waals surface area contributed by atoms with Crippen LogP contribution in [0.4, 0.5) is 0 Å². The predicted octanol–water partition coefficient (Wildman–Crippen LogP) is 2.60. The van der Waals surface area contributed by atoms with Gasteiger partial charge in [-0.2, -0.15) is 0 Å². The SMILES string of the molecule is CCc1ccc(C(C)CC(=O)NCCCCN)cc1. The molecule has 1 amide bonds. The van der Waals surface area contributed by atoms with Gasteiger partial charge in [0.1, 0.15) is 0 Å². The topological polar surface area (TPSA) is 55.1 Å². The zero-order valence-corrected chi connectivity index (χ0v) is 12.1. The van der Waals surface area contributed by atoms with E-state index in [1.807, 2.05) is 0 Å². The largest absolute Gasteiger partial charge is 0.356 e. The van der Waals surface area contributed by atoms with Crippen LogP contribution in [-0.2, 0) is 11.2 Å². The van der Waals surface area contributed by atoms with E-state index >= 15 is 0 Å². The predicted molar refractivity (Wildman–Crippen MR) is 80.2 cm³/mol. The van der Waals surface area contributed by atoms with Crippen molar-refractivity contribution in [1.82, 2.24) is 5.32 Å². The fourth-order valence-corrected chi connectivity index (χ4v) is 2.05. The maximum absolute atomic E-state index is 11.8. The number of hydrogen-bond acceptors (Lipinski definition) is 2. The molecule has 1 aromatic rings. The number of nitrogens with one attached hydrogen (secondary N) is 1. The molecule has 1 aromatic carbocycles. The first-order chi connectivity index (χ1) is 9.17. The zero-order valence-electron chi connectivity index (χ0n) is 12.1. The van der Waals surface area contributed by atoms with Crippen molar-refractivity contribution >= 4 is 5.91 Å². The average molecular weight is 262 g/mol. The summed E-state index contributed by atoms with van der Waals surface area (Å²) in [4.78, 5) is 11.8. The van der Waals surface area contributed by atoms with E-state index in [1.54, 1.807) is 0 Å². The Morgan fingerprint density at radius 2 is 1.95 bits per heavy atom. The second-order valence-electron chi connectivity index (χ2n) is 5.05. The Labute approximate surface area is 116 Å². The van der Waals surface area contributed by atoms with Crippen molar-refractivity contribution in [2.75, 3.05) is 13.1 Å². The highest BCUT2D eigenvalue weighted by Crippen LogP contribution is 2.19. The average Bonchev–Trinajstić information content (AvgIpc) is 2.43. The standard InChI is InChI=1S/C16H26N2O/c1-3-14-6-8-15(9-7-14)13(2)12-16(19)18-11-5-4-10-17/h6-9,13H,3-5,10-12,17H2,1-2H3,(H,18,19). The molecule has 0 heterocycles. The van der Waals surface area contributed by atoms with Crippen molar-refractivity contribution in [3.63, 3.8) is 0 Å². The third-order valence-electron chi connectivity index (χ3n) is 3.40. The first kappa shape index (κ1) is 15.7. The van der Waals surface area contributed by atoms with Gasteiger partial charge in [0.15, 0.2) is 0 Å². The van der Waals surface area contributed by atoms with Crippen molar-refractivity contribution in [1.29, 1.82) is 0 Å². The Bertz CT molecular complexity index is 373. The van der Waals surface area contributed by atoms with E-state index < -0.39 is 0 Å². The van der Waals surface area contributed by atoms with Crippen LogP contribution >= 0.6 is 0 Å². The fourth-order valence-electron chi connectivity index (χ4n) is 2.05. The number of aryl methyl sites for hydroxylation is 1. The molecule has 0 bridgehead atoms. The Morgan fingerprint density at radius 3 is 2.53 bits per heavy atom. The molecule has 3 N–H and O–H groups in total. The van der Waals surface area contributed by atoms with E-state index in [2.05, 4.69) is 43.4 Å². The lowest BCUT2D eigenvalue weighted by Crippen LogP contribution is -2.25. The van der Waals surface area contributed by atoms with Gasteiger partial charge in [0, 0.05) is 13.0 Å². The van der Waals surface area contributed by atoms with Gasteiger partial charge >= 0.3 is 0 Å². The van der Waals surface area contributed by atoms with Crippen LogP contribution in [0.5, 0.6) is 0 Å². The molecule has 0 spiro atoms. The molecular weight excluding hydrogens is 236 g/mol. The molecule has 0 aliphatic carbocycles. The van der Waals surface area contributed by atoms with Gasteiger partial charge in [-0.25, -0.2) is 0 Å². The minimum atomic E-state index is 0.129. The van der Waals surface area contributed by atoms with E-state index in [1.165, 1.54) is 11.1 Å². The van der Waals surface area contributed by atoms with Crippen molar-refractivity contribution in [3.8, 4) is 0 Å². The lowest BCUT2D eigenvalue weighted by molar-refractivity contribution is -0.121. The van der Waals surface area contributed by atoms with Gasteiger partial charge in [-0.15, -0.1) is 0 Å². The van der Waals surface area contributed by atoms with Gasteiger partial charge in [-0.05, 0) is 42.9 Å². The normalized spacial score (nSPS) is 12.2. The van der Waals surface area contributed by atoms with Crippen LogP contribution in [0.1, 0.15) is 50.2 Å². The third-order valence-corrected chi connectivity index (χ3v) is 3.40. The van der Waals surface area contributed by atoms with Crippen LogP contribution in [0, 0.1) is 0 Å². The summed E-state index contributed by atoms with van der Waals surface area (Å²) in [6.45, 7) is 5.67. The molecule has 0 saturated heterocycles. The van der Waals surface area contributed by atoms with Gasteiger partial charge in [-0.3, -0.25) is 4.79 Å². The summed E-state index contributed by atoms with van der Waals surface area (Å²) in [5.41, 5.74) is 7.98. The van der Waals surface area contributed by atoms with Gasteiger partial charge in [0.2, 0.25) is 5.91 Å². The minimum absolute atomic E-state index is 0.129. The molecule has 19 heavy (non-hydrogen) atoms. The summed E-state index contributed by atoms with van der Waals surface area (Å²) in [6, 6.07) is 8.55. The second-order valence-corrected chi connectivity index (χ2v) is 5.05. The second kappa shape index (κ2) is 8.70. The minimum Gasteiger partial charge on any atom is -0.356 e. The van der Waals surface area contributed by atoms with E-state index in [0.717, 1.165) is 25.8 Å². The Balaban J connectivity index is 2.36. The summed E-state index contributed by atoms with van der Waals surface area (Å²) < 4.78 is 0. The van der Waals surface area contributed by atoms with Crippen LogP contribution in [0.25, 0.3) is 0 Å². The molecular formula is C16H26N2O. The molecule has 1 atom stereocenters. The summed E-state index contributed by atoms with van der Waals surface area (Å²) in [7, 11) is 0. The first-order valence-corrected chi connectivity index (χ1v) is 7.23. The van der Waals surface area contributed by atoms with E-state index in [9.17, 15) is 4.79 Å². The van der Waals surface area contributed by atoms with Crippen LogP contribution < -0.4 is 11.1 Å². The molecule has 1 unspecified atom stereocenters. The van der Waals surface area contributed by atoms with Crippen LogP contribution in [0.2, 0.25) is 0 Å². The van der Waals surface area contributed by atoms with Gasteiger partial charge in [-0.1, -0.05) is 38.1 Å². The van der Waals surface area contributed by atoms with E-state index in [4.69, 9.17) is 5.73 Å². The van der Waals surface area contributed by atoms with Gasteiger partial charge in [0.25, 0.3) is 0 Å². The Kier molecular flexibility index (Phi) is 7.19. The molecule has 0 saturated carbocycles. The van der Waals surface area contributed by atoms with Crippen LogP contribution in [0.3, 0.4) is 0 Å². The smallest absolute Gasteiger partial charge is 0.220 e. The molecule has 3 nitrogen and oxygen atoms in total. The Morgan fingerprint density at radius 1 is 1.26 bits per heavy atom. The van der Waals surface area contributed by atoms with Crippen molar-refractivity contribution in [2.24, 2.45) is 5.73 Å². The van der Waals surface area contributed by atoms with E-state index in [0.29, 0.717) is 13.0 Å². The summed E-state index contributed by atoms with van der Waals surface area (Å²) in [5, 5.41) is 2.95. The molecule has 0 aliphatic rings. The highest BCUT2D eigenvalue weighted by atomic mass is 16.1. The number of hydrogen-bond donors (Lipinski definition) is 2. The fraction of sp³-hybridized carbons (Fsp3) is 0.562. The Hall–Kier alpha value is -1.35. The lowest BCUT2D eigenvalue weighted by atomic mass is 9.96. The number of benzene rings is 1. The number of carbonyl (C=O) groups is 1. The molecule has 0 aliphatic heterocycles. The molecule has 0 fully saturated rings. The molecule has 3 heteroatoms. The van der Waals surface area contributed by atoms with E-state index in [-0.39, 0.29) is 11.8 Å². The number of rotatable bonds is 8. The number of unbranched alkanes of at least 4 members (excludes halogenated alkanes) is 1. The summed E-state index contributed by atoms with van der Waals surface area (Å²) in [5.74, 6) is 0.393. The molecule has 0 aromatic heterocycles. The number of amides is 1. The maximum atomic E-state index is 11.8. The van der Waals surface area contributed by atoms with Crippen molar-refractivity contribution in [2.45, 2.75) is 45.4 Å². The zero-order chi connectivity index (χ0) is 14.1. The summed E-state index contributed by atoms with van der Waals surface area (Å²) in [6.07, 6.45) is 3.53. The maximum Gasteiger partial charge on any atom is 0.220 e. The highest BCUT2D eigenvalue weighted by Gasteiger charge is 2.10. The molecule has 1 rings (SSSR count). The first-order valence-electron chi connectivity index (χ1n) is 7.23. The monoisotopic (exact) mass is 262 g/mol. The van der Waals surface area contributed by atoms with Crippen LogP contribution in [-0.4, -0.2) is 19.0 Å². The molecule has 106 valence electrons. The van der Waals surface area contributed by atoms with Crippen molar-refractivity contribution in [3.05, 3.63) is 35.4 Å². The number of carbonyl (C=O) groups excluding carboxylic acids is 1. The molecule has 0 radical (unpaired) electrons. The van der Waals surface area contributed by atoms with Crippen LogP contribution in [0.15, 0.2) is 24.3 Å². The summed E-state index contributed by atoms with van der Waals surface area (Å²) >= 11 is 0. The lowest BCUT2D eigenvalue weighted by Gasteiger charge is -2.12. The van der Waals surface area contributed by atoms with Gasteiger partial charge < -0.3 is 11.1 Å². The van der Waals surface area contributed by atoms with Gasteiger partial charge in [0.05, 0.1) is 0 Å². The highest BCUT2D eigenvalue weighted by molar-refractivity contribution is 5.76. The van der Waals surface area contributed by atoms with Crippen molar-refractivity contribution < 1.29 is 4.79 Å². The third kappa shape index (κ3) is 5.88. The number of nitrogens with two attached hydrogens (primary N) is 1. The quantitative estimate of drug-likeness (QED) is 0.708.